The Balaban J connectivity index is 0.000000341. The van der Waals surface area contributed by atoms with Gasteiger partial charge in [-0.3, -0.25) is 0 Å². The Kier molecular flexibility index (Phi) is 5.72. The number of hydrogen-bond acceptors (Lipinski definition) is 3. The van der Waals surface area contributed by atoms with E-state index in [0.717, 1.165) is 17.8 Å². The number of alkyl halides is 6. The van der Waals surface area contributed by atoms with Crippen LogP contribution in [-0.2, 0) is 5.60 Å². The van der Waals surface area contributed by atoms with Crippen molar-refractivity contribution in [2.24, 2.45) is 0 Å². The largest absolute Gasteiger partial charge is 0.430 e. The molecule has 0 heterocycles. The first-order valence-corrected chi connectivity index (χ1v) is 6.42. The summed E-state index contributed by atoms with van der Waals surface area (Å²) in [6, 6.07) is 12.1. The molecule has 0 aromatic heterocycles. The minimum Gasteiger partial charge on any atom is -0.399 e. The minimum absolute atomic E-state index is 0.0135. The van der Waals surface area contributed by atoms with Crippen LogP contribution in [0.15, 0.2) is 54.6 Å². The van der Waals surface area contributed by atoms with Gasteiger partial charge in [-0.2, -0.15) is 26.3 Å². The van der Waals surface area contributed by atoms with Crippen LogP contribution in [0.3, 0.4) is 0 Å². The zero-order chi connectivity index (χ0) is 18.6. The maximum atomic E-state index is 12.4. The van der Waals surface area contributed by atoms with Crippen molar-refractivity contribution >= 4 is 11.4 Å². The van der Waals surface area contributed by atoms with E-state index in [1.165, 1.54) is 0 Å². The van der Waals surface area contributed by atoms with Gasteiger partial charge in [-0.15, -0.1) is 0 Å². The highest BCUT2D eigenvalue weighted by atomic mass is 19.4. The van der Waals surface area contributed by atoms with E-state index in [0.29, 0.717) is 12.1 Å². The summed E-state index contributed by atoms with van der Waals surface area (Å²) in [7, 11) is 0. The van der Waals surface area contributed by atoms with Crippen molar-refractivity contribution < 1.29 is 31.4 Å². The van der Waals surface area contributed by atoms with E-state index in [1.54, 1.807) is 0 Å². The topological polar surface area (TPSA) is 72.3 Å². The van der Waals surface area contributed by atoms with E-state index >= 15 is 0 Å². The number of aliphatic hydroxyl groups is 1. The van der Waals surface area contributed by atoms with E-state index in [2.05, 4.69) is 0 Å². The number of anilines is 2. The molecule has 2 rings (SSSR count). The summed E-state index contributed by atoms with van der Waals surface area (Å²) < 4.78 is 74.3. The van der Waals surface area contributed by atoms with Gasteiger partial charge in [0.25, 0.3) is 5.60 Å². The van der Waals surface area contributed by atoms with Gasteiger partial charge in [-0.1, -0.05) is 30.3 Å². The molecule has 0 aliphatic heterocycles. The standard InChI is InChI=1S/C9H7F6NO.C6H7N/c10-8(11,12)7(17,9(13,14)15)5-1-3-6(16)4-2-5;7-6-4-2-1-3-5-6/h1-4,17H,16H2;1-5H,7H2. The molecule has 24 heavy (non-hydrogen) atoms. The molecule has 0 saturated heterocycles. The highest BCUT2D eigenvalue weighted by molar-refractivity contribution is 5.41. The second kappa shape index (κ2) is 7.00. The van der Waals surface area contributed by atoms with Gasteiger partial charge in [-0.05, 0) is 24.3 Å². The molecule has 2 aromatic rings. The van der Waals surface area contributed by atoms with Gasteiger partial charge < -0.3 is 16.6 Å². The molecule has 0 amide bonds. The van der Waals surface area contributed by atoms with Crippen LogP contribution in [0.25, 0.3) is 0 Å². The molecule has 132 valence electrons. The summed E-state index contributed by atoms with van der Waals surface area (Å²) in [6.45, 7) is 0. The second-order valence-corrected chi connectivity index (χ2v) is 4.74. The lowest BCUT2D eigenvalue weighted by molar-refractivity contribution is -0.376. The lowest BCUT2D eigenvalue weighted by atomic mass is 9.92. The summed E-state index contributed by atoms with van der Waals surface area (Å²) in [4.78, 5) is 0. The first-order chi connectivity index (χ1) is 10.9. The first-order valence-electron chi connectivity index (χ1n) is 6.42. The van der Waals surface area contributed by atoms with Crippen molar-refractivity contribution in [2.45, 2.75) is 18.0 Å². The molecule has 0 spiro atoms. The number of rotatable bonds is 1. The monoisotopic (exact) mass is 352 g/mol. The molecule has 0 aliphatic carbocycles. The molecule has 2 aromatic carbocycles. The number of halogens is 6. The average Bonchev–Trinajstić information content (AvgIpc) is 2.46. The molecule has 0 atom stereocenters. The van der Waals surface area contributed by atoms with Gasteiger partial charge in [0.1, 0.15) is 0 Å². The molecule has 5 N–H and O–H groups in total. The number of benzene rings is 2. The molecule has 0 bridgehead atoms. The smallest absolute Gasteiger partial charge is 0.399 e. The molecular formula is C15H14F6N2O. The minimum atomic E-state index is -5.87. The third-order valence-corrected chi connectivity index (χ3v) is 2.95. The van der Waals surface area contributed by atoms with E-state index in [9.17, 15) is 26.3 Å². The van der Waals surface area contributed by atoms with Crippen molar-refractivity contribution in [3.05, 3.63) is 60.2 Å². The van der Waals surface area contributed by atoms with Gasteiger partial charge >= 0.3 is 12.4 Å². The van der Waals surface area contributed by atoms with Crippen molar-refractivity contribution in [1.29, 1.82) is 0 Å². The zero-order valence-corrected chi connectivity index (χ0v) is 12.1. The lowest BCUT2D eigenvalue weighted by Gasteiger charge is -2.32. The fourth-order valence-electron chi connectivity index (χ4n) is 1.67. The third kappa shape index (κ3) is 4.31. The summed E-state index contributed by atoms with van der Waals surface area (Å²) in [5.41, 5.74) is 5.09. The van der Waals surface area contributed by atoms with Crippen molar-refractivity contribution in [3.63, 3.8) is 0 Å². The second-order valence-electron chi connectivity index (χ2n) is 4.74. The molecular weight excluding hydrogens is 338 g/mol. The molecule has 9 heteroatoms. The molecule has 0 radical (unpaired) electrons. The van der Waals surface area contributed by atoms with E-state index in [-0.39, 0.29) is 5.69 Å². The molecule has 0 aliphatic rings. The van der Waals surface area contributed by atoms with Crippen LogP contribution in [0.5, 0.6) is 0 Å². The van der Waals surface area contributed by atoms with Gasteiger partial charge in [0.2, 0.25) is 0 Å². The summed E-state index contributed by atoms with van der Waals surface area (Å²) in [5.74, 6) is 0. The van der Waals surface area contributed by atoms with E-state index in [1.807, 2.05) is 30.3 Å². The molecule has 0 fully saturated rings. The van der Waals surface area contributed by atoms with Crippen LogP contribution in [0, 0.1) is 0 Å². The van der Waals surface area contributed by atoms with Gasteiger partial charge in [-0.25, -0.2) is 0 Å². The van der Waals surface area contributed by atoms with Crippen molar-refractivity contribution in [3.8, 4) is 0 Å². The van der Waals surface area contributed by atoms with Crippen LogP contribution in [0.1, 0.15) is 5.56 Å². The van der Waals surface area contributed by atoms with Crippen molar-refractivity contribution in [1.82, 2.24) is 0 Å². The Bertz CT molecular complexity index is 624. The molecule has 3 nitrogen and oxygen atoms in total. The van der Waals surface area contributed by atoms with Gasteiger partial charge in [0.05, 0.1) is 0 Å². The summed E-state index contributed by atoms with van der Waals surface area (Å²) >= 11 is 0. The number of nitrogen functional groups attached to an aromatic ring is 2. The summed E-state index contributed by atoms with van der Waals surface area (Å²) in [5, 5.41) is 8.96. The average molecular weight is 352 g/mol. The Hall–Kier alpha value is -2.42. The van der Waals surface area contributed by atoms with Crippen LogP contribution in [-0.4, -0.2) is 17.5 Å². The lowest BCUT2D eigenvalue weighted by Crippen LogP contribution is -2.53. The normalized spacial score (nSPS) is 12.3. The van der Waals surface area contributed by atoms with Gasteiger partial charge in [0, 0.05) is 16.9 Å². The van der Waals surface area contributed by atoms with E-state index < -0.39 is 23.5 Å². The number of nitrogens with two attached hydrogens (primary N) is 2. The van der Waals surface area contributed by atoms with Crippen molar-refractivity contribution in [2.75, 3.05) is 11.5 Å². The maximum absolute atomic E-state index is 12.4. The molecule has 0 saturated carbocycles. The quantitative estimate of drug-likeness (QED) is 0.539. The predicted octanol–water partition coefficient (Wildman–Crippen LogP) is 3.85. The van der Waals surface area contributed by atoms with Crippen LogP contribution in [0.2, 0.25) is 0 Å². The Labute approximate surface area is 133 Å². The van der Waals surface area contributed by atoms with Crippen LogP contribution in [0.4, 0.5) is 37.7 Å². The van der Waals surface area contributed by atoms with Crippen LogP contribution >= 0.6 is 0 Å². The highest BCUT2D eigenvalue weighted by Gasteiger charge is 2.71. The zero-order valence-electron chi connectivity index (χ0n) is 12.1. The number of para-hydroxylation sites is 1. The van der Waals surface area contributed by atoms with E-state index in [4.69, 9.17) is 16.6 Å². The number of hydrogen-bond donors (Lipinski definition) is 3. The maximum Gasteiger partial charge on any atom is 0.430 e. The van der Waals surface area contributed by atoms with Gasteiger partial charge in [0.15, 0.2) is 0 Å². The Morgan fingerprint density at radius 1 is 0.625 bits per heavy atom. The fourth-order valence-corrected chi connectivity index (χ4v) is 1.67. The van der Waals surface area contributed by atoms with Crippen LogP contribution < -0.4 is 11.5 Å². The predicted molar refractivity (Wildman–Crippen MR) is 77.7 cm³/mol. The SMILES string of the molecule is Nc1ccc(C(O)(C(F)(F)F)C(F)(F)F)cc1.Nc1ccccc1. The first kappa shape index (κ1) is 19.6. The third-order valence-electron chi connectivity index (χ3n) is 2.95. The fraction of sp³-hybridized carbons (Fsp3) is 0.200. The summed E-state index contributed by atoms with van der Waals surface area (Å²) in [6.07, 6.45) is -11.7. The Morgan fingerprint density at radius 3 is 1.29 bits per heavy atom. The molecule has 0 unspecified atom stereocenters. The Morgan fingerprint density at radius 2 is 1.00 bits per heavy atom. The highest BCUT2D eigenvalue weighted by Crippen LogP contribution is 2.49.